The van der Waals surface area contributed by atoms with Crippen LogP contribution in [0.3, 0.4) is 0 Å². The summed E-state index contributed by atoms with van der Waals surface area (Å²) in [6, 6.07) is 69.1. The number of rotatable bonds is 4. The Morgan fingerprint density at radius 3 is 1.57 bits per heavy atom. The summed E-state index contributed by atoms with van der Waals surface area (Å²) in [6.45, 7) is 0. The molecule has 1 aliphatic carbocycles. The van der Waals surface area contributed by atoms with Crippen LogP contribution in [0.1, 0.15) is 22.3 Å². The van der Waals surface area contributed by atoms with E-state index in [9.17, 15) is 0 Å². The molecule has 0 fully saturated rings. The van der Waals surface area contributed by atoms with Crippen molar-refractivity contribution in [3.63, 3.8) is 0 Å². The van der Waals surface area contributed by atoms with Crippen LogP contribution in [-0.2, 0) is 5.41 Å². The lowest BCUT2D eigenvalue weighted by Crippen LogP contribution is -2.33. The second kappa shape index (κ2) is 11.1. The fourth-order valence-corrected chi connectivity index (χ4v) is 9.63. The van der Waals surface area contributed by atoms with Crippen molar-refractivity contribution in [1.82, 2.24) is 0 Å². The molecule has 0 amide bonds. The Labute approximate surface area is 291 Å². The molecule has 0 saturated heterocycles. The predicted octanol–water partition coefficient (Wildman–Crippen LogP) is 12.8. The maximum Gasteiger partial charge on any atom is 0.0747 e. The molecule has 2 aliphatic rings. The number of hydrogen-bond acceptors (Lipinski definition) is 2. The van der Waals surface area contributed by atoms with Crippen LogP contribution in [0.25, 0.3) is 33.0 Å². The zero-order valence-electron chi connectivity index (χ0n) is 26.8. The highest BCUT2D eigenvalue weighted by atomic mass is 32.2. The van der Waals surface area contributed by atoms with Gasteiger partial charge < -0.3 is 4.90 Å². The SMILES string of the molecule is c1ccc(N(c2ccccc2)c2ccc(-c3cccc4c3C3(c5ccccc5-c5ccccc53)c3c(ccc5ccccc35)S4)cc2)cc1. The van der Waals surface area contributed by atoms with Crippen molar-refractivity contribution in [3.05, 3.63) is 210 Å². The van der Waals surface area contributed by atoms with Gasteiger partial charge in [-0.25, -0.2) is 0 Å². The van der Waals surface area contributed by atoms with Crippen LogP contribution in [0.2, 0.25) is 0 Å². The third-order valence-electron chi connectivity index (χ3n) is 10.3. The average molecular weight is 642 g/mol. The van der Waals surface area contributed by atoms with Crippen LogP contribution in [-0.4, -0.2) is 0 Å². The van der Waals surface area contributed by atoms with Crippen LogP contribution < -0.4 is 4.90 Å². The topological polar surface area (TPSA) is 3.24 Å². The summed E-state index contributed by atoms with van der Waals surface area (Å²) in [4.78, 5) is 4.96. The quantitative estimate of drug-likeness (QED) is 0.188. The van der Waals surface area contributed by atoms with Gasteiger partial charge in [0.25, 0.3) is 0 Å². The van der Waals surface area contributed by atoms with Gasteiger partial charge in [0.2, 0.25) is 0 Å². The fraction of sp³-hybridized carbons (Fsp3) is 0.0213. The standard InChI is InChI=1S/C47H31NS/c1-3-15-34(16-4-1)48(35-17-5-2-6-18-35)36-29-26-33(27-30-36)38-22-13-25-43-45(38)47(46-37-19-8-7-14-32(37)28-31-44(46)49-43)41-23-11-9-20-39(41)40-21-10-12-24-42(40)47/h1-31H. The van der Waals surface area contributed by atoms with E-state index in [0.717, 1.165) is 17.1 Å². The predicted molar refractivity (Wildman–Crippen MR) is 205 cm³/mol. The molecule has 1 nitrogen and oxygen atoms in total. The minimum absolute atomic E-state index is 0.473. The summed E-state index contributed by atoms with van der Waals surface area (Å²) in [5, 5.41) is 2.59. The largest absolute Gasteiger partial charge is 0.311 e. The summed E-state index contributed by atoms with van der Waals surface area (Å²) >= 11 is 1.91. The van der Waals surface area contributed by atoms with Gasteiger partial charge in [0, 0.05) is 26.9 Å². The van der Waals surface area contributed by atoms with Gasteiger partial charge in [0.1, 0.15) is 0 Å². The zero-order valence-corrected chi connectivity index (χ0v) is 27.6. The lowest BCUT2D eigenvalue weighted by atomic mass is 9.64. The first-order valence-electron chi connectivity index (χ1n) is 16.9. The molecule has 1 spiro atoms. The molecule has 8 aromatic rings. The van der Waals surface area contributed by atoms with Gasteiger partial charge in [-0.1, -0.05) is 151 Å². The van der Waals surface area contributed by atoms with E-state index in [4.69, 9.17) is 0 Å². The fourth-order valence-electron chi connectivity index (χ4n) is 8.38. The number of nitrogens with zero attached hydrogens (tertiary/aromatic N) is 1. The third kappa shape index (κ3) is 4.14. The Hall–Kier alpha value is -5.83. The van der Waals surface area contributed by atoms with E-state index in [0.29, 0.717) is 0 Å². The molecule has 230 valence electrons. The van der Waals surface area contributed by atoms with Gasteiger partial charge >= 0.3 is 0 Å². The smallest absolute Gasteiger partial charge is 0.0747 e. The van der Waals surface area contributed by atoms with Crippen molar-refractivity contribution in [2.24, 2.45) is 0 Å². The molecule has 49 heavy (non-hydrogen) atoms. The maximum atomic E-state index is 2.37. The van der Waals surface area contributed by atoms with Crippen molar-refractivity contribution in [2.75, 3.05) is 4.90 Å². The molecule has 0 N–H and O–H groups in total. The van der Waals surface area contributed by atoms with Gasteiger partial charge in [-0.05, 0) is 104 Å². The summed E-state index contributed by atoms with van der Waals surface area (Å²) in [5.74, 6) is 0. The molecule has 0 bridgehead atoms. The number of para-hydroxylation sites is 2. The highest BCUT2D eigenvalue weighted by Gasteiger charge is 2.52. The summed E-state index contributed by atoms with van der Waals surface area (Å²) in [5.41, 5.74) is 13.5. The van der Waals surface area contributed by atoms with Crippen LogP contribution in [0.4, 0.5) is 17.1 Å². The number of fused-ring (bicyclic) bond motifs is 11. The Bertz CT molecular complexity index is 2430. The first-order valence-corrected chi connectivity index (χ1v) is 17.7. The summed E-state index contributed by atoms with van der Waals surface area (Å²) in [6.07, 6.45) is 0. The molecule has 8 aromatic carbocycles. The number of hydrogen-bond donors (Lipinski definition) is 0. The highest BCUT2D eigenvalue weighted by Crippen LogP contribution is 2.64. The number of benzene rings is 8. The van der Waals surface area contributed by atoms with Crippen molar-refractivity contribution < 1.29 is 0 Å². The van der Waals surface area contributed by atoms with Crippen LogP contribution in [0.15, 0.2) is 198 Å². The van der Waals surface area contributed by atoms with E-state index in [1.54, 1.807) is 0 Å². The molecule has 0 saturated carbocycles. The van der Waals surface area contributed by atoms with E-state index in [1.165, 1.54) is 65.1 Å². The van der Waals surface area contributed by atoms with Crippen LogP contribution in [0.5, 0.6) is 0 Å². The van der Waals surface area contributed by atoms with Gasteiger partial charge in [-0.2, -0.15) is 0 Å². The van der Waals surface area contributed by atoms with Crippen molar-refractivity contribution in [3.8, 4) is 22.3 Å². The Morgan fingerprint density at radius 2 is 0.898 bits per heavy atom. The Balaban J connectivity index is 1.24. The van der Waals surface area contributed by atoms with Gasteiger partial charge in [-0.15, -0.1) is 0 Å². The molecule has 0 radical (unpaired) electrons. The lowest BCUT2D eigenvalue weighted by Gasteiger charge is -2.42. The Morgan fingerprint density at radius 1 is 0.367 bits per heavy atom. The average Bonchev–Trinajstić information content (AvgIpc) is 3.46. The van der Waals surface area contributed by atoms with Crippen LogP contribution in [0, 0.1) is 0 Å². The molecule has 0 unspecified atom stereocenters. The van der Waals surface area contributed by atoms with Crippen molar-refractivity contribution in [1.29, 1.82) is 0 Å². The van der Waals surface area contributed by atoms with Gasteiger partial charge in [0.15, 0.2) is 0 Å². The number of anilines is 3. The second-order valence-electron chi connectivity index (χ2n) is 12.8. The first-order chi connectivity index (χ1) is 24.3. The molecular weight excluding hydrogens is 611 g/mol. The molecule has 1 heterocycles. The van der Waals surface area contributed by atoms with E-state index >= 15 is 0 Å². The van der Waals surface area contributed by atoms with Crippen LogP contribution >= 0.6 is 11.8 Å². The highest BCUT2D eigenvalue weighted by molar-refractivity contribution is 7.99. The van der Waals surface area contributed by atoms with Gasteiger partial charge in [0.05, 0.1) is 5.41 Å². The first kappa shape index (κ1) is 28.2. The van der Waals surface area contributed by atoms with E-state index in [-0.39, 0.29) is 0 Å². The molecule has 10 rings (SSSR count). The Kier molecular flexibility index (Phi) is 6.40. The monoisotopic (exact) mass is 641 g/mol. The zero-order chi connectivity index (χ0) is 32.4. The molecule has 0 aromatic heterocycles. The minimum Gasteiger partial charge on any atom is -0.311 e. The second-order valence-corrected chi connectivity index (χ2v) is 13.9. The molecule has 0 atom stereocenters. The lowest BCUT2D eigenvalue weighted by molar-refractivity contribution is 0.733. The van der Waals surface area contributed by atoms with E-state index in [1.807, 2.05) is 11.8 Å². The molecule has 1 aliphatic heterocycles. The summed E-state index contributed by atoms with van der Waals surface area (Å²) in [7, 11) is 0. The minimum atomic E-state index is -0.473. The third-order valence-corrected chi connectivity index (χ3v) is 11.4. The van der Waals surface area contributed by atoms with E-state index < -0.39 is 5.41 Å². The van der Waals surface area contributed by atoms with Crippen molar-refractivity contribution >= 4 is 39.6 Å². The molecule has 2 heteroatoms. The van der Waals surface area contributed by atoms with Crippen molar-refractivity contribution in [2.45, 2.75) is 15.2 Å². The molecular formula is C47H31NS. The summed E-state index contributed by atoms with van der Waals surface area (Å²) < 4.78 is 0. The maximum absolute atomic E-state index is 2.37. The van der Waals surface area contributed by atoms with Gasteiger partial charge in [-0.3, -0.25) is 0 Å². The normalized spacial score (nSPS) is 13.4. The van der Waals surface area contributed by atoms with E-state index in [2.05, 4.69) is 193 Å².